The Morgan fingerprint density at radius 2 is 1.95 bits per heavy atom. The van der Waals surface area contributed by atoms with Crippen LogP contribution in [0.5, 0.6) is 5.75 Å². The van der Waals surface area contributed by atoms with E-state index >= 15 is 0 Å². The molecule has 2 unspecified atom stereocenters. The molecule has 2 atom stereocenters. The highest BCUT2D eigenvalue weighted by molar-refractivity contribution is 5.99. The zero-order valence-electron chi connectivity index (χ0n) is 24.1. The smallest absolute Gasteiger partial charge is 0.444 e. The third-order valence-corrected chi connectivity index (χ3v) is 6.97. The van der Waals surface area contributed by atoms with Gasteiger partial charge in [0, 0.05) is 51.3 Å². The third-order valence-electron chi connectivity index (χ3n) is 6.97. The Balaban J connectivity index is 1.90. The molecule has 1 saturated heterocycles. The van der Waals surface area contributed by atoms with Crippen molar-refractivity contribution in [1.29, 1.82) is 0 Å². The average Bonchev–Trinajstić information content (AvgIpc) is 2.87. The molecule has 2 heterocycles. The van der Waals surface area contributed by atoms with Gasteiger partial charge in [-0.05, 0) is 64.7 Å². The third kappa shape index (κ3) is 7.60. The number of alkyl halides is 2. The van der Waals surface area contributed by atoms with E-state index in [4.69, 9.17) is 9.47 Å². The molecule has 2 aliphatic rings. The van der Waals surface area contributed by atoms with Gasteiger partial charge in [-0.25, -0.2) is 4.79 Å². The zero-order valence-corrected chi connectivity index (χ0v) is 24.1. The summed E-state index contributed by atoms with van der Waals surface area (Å²) in [7, 11) is 1.62. The fraction of sp³-hybridized carbons (Fsp3) is 0.643. The first-order valence-corrected chi connectivity index (χ1v) is 13.6. The van der Waals surface area contributed by atoms with E-state index in [1.807, 2.05) is 6.92 Å². The van der Waals surface area contributed by atoms with Crippen LogP contribution < -0.4 is 15.0 Å². The molecule has 0 saturated carbocycles. The topological polar surface area (TPSA) is 108 Å². The predicted octanol–water partition coefficient (Wildman–Crippen LogP) is 3.61. The van der Waals surface area contributed by atoms with Gasteiger partial charge in [-0.1, -0.05) is 6.92 Å². The van der Waals surface area contributed by atoms with Crippen LogP contribution in [-0.4, -0.2) is 91.0 Å². The summed E-state index contributed by atoms with van der Waals surface area (Å²) in [6, 6.07) is 2.39. The number of fused-ring (bicyclic) bond motifs is 1. The molecule has 1 aromatic carbocycles. The normalized spacial score (nSPS) is 19.6. The van der Waals surface area contributed by atoms with Crippen LogP contribution in [0.3, 0.4) is 0 Å². The second-order valence-electron chi connectivity index (χ2n) is 11.4. The number of carbonyl (C=O) groups excluding carboxylic acids is 4. The van der Waals surface area contributed by atoms with Crippen LogP contribution in [-0.2, 0) is 20.7 Å². The van der Waals surface area contributed by atoms with Crippen molar-refractivity contribution in [2.24, 2.45) is 0 Å². The number of nitrogens with one attached hydrogen (secondary N) is 1. The van der Waals surface area contributed by atoms with Crippen LogP contribution in [0.2, 0.25) is 0 Å². The molecule has 222 valence electrons. The molecule has 0 aliphatic carbocycles. The van der Waals surface area contributed by atoms with Gasteiger partial charge < -0.3 is 29.5 Å². The molecule has 0 aromatic heterocycles. The molecule has 0 radical (unpaired) electrons. The van der Waals surface area contributed by atoms with Gasteiger partial charge in [0.1, 0.15) is 5.60 Å². The quantitative estimate of drug-likeness (QED) is 0.455. The van der Waals surface area contributed by atoms with E-state index in [-0.39, 0.29) is 48.4 Å². The first-order chi connectivity index (χ1) is 18.7. The Morgan fingerprint density at radius 1 is 1.25 bits per heavy atom. The molecule has 1 aromatic rings. The van der Waals surface area contributed by atoms with Gasteiger partial charge in [0.05, 0.1) is 11.7 Å². The zero-order chi connectivity index (χ0) is 29.8. The van der Waals surface area contributed by atoms with E-state index in [2.05, 4.69) is 5.32 Å². The fourth-order valence-electron chi connectivity index (χ4n) is 5.09. The number of amides is 3. The molecule has 0 spiro atoms. The second-order valence-corrected chi connectivity index (χ2v) is 11.4. The van der Waals surface area contributed by atoms with E-state index in [0.717, 1.165) is 0 Å². The molecule has 10 nitrogen and oxygen atoms in total. The Kier molecular flexibility index (Phi) is 9.63. The van der Waals surface area contributed by atoms with Crippen LogP contribution in [0.25, 0.3) is 0 Å². The lowest BCUT2D eigenvalue weighted by Crippen LogP contribution is -2.57. The number of likely N-dealkylation sites (N-methyl/N-ethyl adjacent to an activating group) is 1. The summed E-state index contributed by atoms with van der Waals surface area (Å²) >= 11 is 0. The minimum Gasteiger partial charge on any atom is -0.444 e. The first-order valence-electron chi connectivity index (χ1n) is 13.6. The van der Waals surface area contributed by atoms with Crippen LogP contribution in [0, 0.1) is 0 Å². The minimum absolute atomic E-state index is 0.157. The molecular weight excluding hydrogens is 526 g/mol. The maximum absolute atomic E-state index is 14.0. The molecular formula is C28H40F2N4O6. The van der Waals surface area contributed by atoms with Gasteiger partial charge in [0.25, 0.3) is 5.91 Å². The van der Waals surface area contributed by atoms with Gasteiger partial charge in [0.2, 0.25) is 12.2 Å². The number of anilines is 1. The summed E-state index contributed by atoms with van der Waals surface area (Å²) in [5.41, 5.74) is 0.419. The van der Waals surface area contributed by atoms with Crippen molar-refractivity contribution < 1.29 is 37.4 Å². The lowest BCUT2D eigenvalue weighted by Gasteiger charge is -2.44. The van der Waals surface area contributed by atoms with Gasteiger partial charge >= 0.3 is 12.2 Å². The van der Waals surface area contributed by atoms with Crippen molar-refractivity contribution in [3.05, 3.63) is 23.3 Å². The van der Waals surface area contributed by atoms with Crippen molar-refractivity contribution >= 4 is 29.9 Å². The number of piperidine rings is 1. The molecule has 3 amide bonds. The average molecular weight is 567 g/mol. The monoisotopic (exact) mass is 566 g/mol. The SMILES string of the molecule is CCC(=O)NCCN(C)c1cc2c(cc1OC(F)(F)C=O)CC(C)N(C1CCCN(C(=O)OC(C)(C)C)C1)C2=O. The first kappa shape index (κ1) is 31.1. The molecule has 0 bridgehead atoms. The van der Waals surface area contributed by atoms with E-state index in [0.29, 0.717) is 49.9 Å². The van der Waals surface area contributed by atoms with Crippen LogP contribution in [0.4, 0.5) is 19.3 Å². The lowest BCUT2D eigenvalue weighted by molar-refractivity contribution is -0.176. The number of carbonyl (C=O) groups is 4. The van der Waals surface area contributed by atoms with Crippen molar-refractivity contribution in [3.8, 4) is 5.75 Å². The van der Waals surface area contributed by atoms with Gasteiger partial charge in [-0.15, -0.1) is 0 Å². The Hall–Kier alpha value is -3.44. The number of halogens is 2. The number of hydrogen-bond acceptors (Lipinski definition) is 7. The highest BCUT2D eigenvalue weighted by atomic mass is 19.3. The van der Waals surface area contributed by atoms with Crippen LogP contribution in [0.15, 0.2) is 12.1 Å². The molecule has 1 fully saturated rings. The van der Waals surface area contributed by atoms with E-state index in [1.165, 1.54) is 12.1 Å². The highest BCUT2D eigenvalue weighted by Crippen LogP contribution is 2.38. The number of benzene rings is 1. The Morgan fingerprint density at radius 3 is 2.58 bits per heavy atom. The highest BCUT2D eigenvalue weighted by Gasteiger charge is 2.40. The van der Waals surface area contributed by atoms with Crippen molar-refractivity contribution in [2.75, 3.05) is 38.1 Å². The molecule has 2 aliphatic heterocycles. The number of ether oxygens (including phenoxy) is 2. The Bertz CT molecular complexity index is 1120. The minimum atomic E-state index is -4.05. The summed E-state index contributed by atoms with van der Waals surface area (Å²) < 4.78 is 38.3. The van der Waals surface area contributed by atoms with Crippen molar-refractivity contribution in [1.82, 2.24) is 15.1 Å². The van der Waals surface area contributed by atoms with Crippen molar-refractivity contribution in [2.45, 2.75) is 84.1 Å². The maximum atomic E-state index is 14.0. The van der Waals surface area contributed by atoms with Gasteiger partial charge in [-0.2, -0.15) is 8.78 Å². The van der Waals surface area contributed by atoms with E-state index in [9.17, 15) is 28.0 Å². The number of hydrogen-bond donors (Lipinski definition) is 1. The fourth-order valence-corrected chi connectivity index (χ4v) is 5.09. The standard InChI is InChI=1S/C28H40F2N4O6/c1-7-24(36)31-10-12-32(6)22-15-21-19(14-23(22)39-28(29,30)17-35)13-18(2)34(25(21)37)20-9-8-11-33(16-20)26(38)40-27(3,4)5/h14-15,17-18,20H,7-13,16H2,1-6H3,(H,31,36). The van der Waals surface area contributed by atoms with Gasteiger partial charge in [-0.3, -0.25) is 14.4 Å². The number of aldehydes is 1. The molecule has 1 N–H and O–H groups in total. The second kappa shape index (κ2) is 12.4. The van der Waals surface area contributed by atoms with E-state index < -0.39 is 24.1 Å². The van der Waals surface area contributed by atoms with Gasteiger partial charge in [0.15, 0.2) is 5.75 Å². The summed E-state index contributed by atoms with van der Waals surface area (Å²) in [6.45, 7) is 10.3. The summed E-state index contributed by atoms with van der Waals surface area (Å²) in [6.07, 6.45) is -2.95. The lowest BCUT2D eigenvalue weighted by atomic mass is 9.90. The van der Waals surface area contributed by atoms with Crippen LogP contribution >= 0.6 is 0 Å². The number of rotatable bonds is 9. The summed E-state index contributed by atoms with van der Waals surface area (Å²) in [5.74, 6) is -0.662. The maximum Gasteiger partial charge on any atom is 0.458 e. The van der Waals surface area contributed by atoms with E-state index in [1.54, 1.807) is 49.4 Å². The number of nitrogens with zero attached hydrogens (tertiary/aromatic N) is 3. The molecule has 3 rings (SSSR count). The summed E-state index contributed by atoms with van der Waals surface area (Å²) in [5, 5.41) is 2.72. The largest absolute Gasteiger partial charge is 0.458 e. The van der Waals surface area contributed by atoms with Crippen molar-refractivity contribution in [3.63, 3.8) is 0 Å². The predicted molar refractivity (Wildman–Crippen MR) is 145 cm³/mol. The summed E-state index contributed by atoms with van der Waals surface area (Å²) in [4.78, 5) is 54.1. The van der Waals surface area contributed by atoms with Crippen LogP contribution in [0.1, 0.15) is 69.8 Å². The Labute approximate surface area is 233 Å². The number of likely N-dealkylation sites (tertiary alicyclic amines) is 1. The molecule has 12 heteroatoms. The molecule has 40 heavy (non-hydrogen) atoms.